The van der Waals surface area contributed by atoms with E-state index in [4.69, 9.17) is 4.42 Å². The van der Waals surface area contributed by atoms with Crippen molar-refractivity contribution in [3.8, 4) is 11.1 Å². The summed E-state index contributed by atoms with van der Waals surface area (Å²) in [5, 5.41) is 4.94. The lowest BCUT2D eigenvalue weighted by Gasteiger charge is -2.06. The predicted octanol–water partition coefficient (Wildman–Crippen LogP) is 6.71. The average molecular weight is 308 g/mol. The number of benzene rings is 4. The monoisotopic (exact) mass is 308 g/mol. The van der Waals surface area contributed by atoms with Crippen LogP contribution in [-0.4, -0.2) is 0 Å². The molecule has 0 aliphatic rings. The van der Waals surface area contributed by atoms with E-state index >= 15 is 0 Å². The van der Waals surface area contributed by atoms with Gasteiger partial charge in [-0.05, 0) is 52.6 Å². The fraction of sp³-hybridized carbons (Fsp3) is 0.0435. The van der Waals surface area contributed by atoms with Gasteiger partial charge >= 0.3 is 0 Å². The van der Waals surface area contributed by atoms with Gasteiger partial charge in [-0.3, -0.25) is 0 Å². The summed E-state index contributed by atoms with van der Waals surface area (Å²) in [6, 6.07) is 27.7. The number of hydrogen-bond donors (Lipinski definition) is 0. The number of rotatable bonds is 1. The lowest BCUT2D eigenvalue weighted by molar-refractivity contribution is 0.669. The molecule has 1 heteroatoms. The van der Waals surface area contributed by atoms with Gasteiger partial charge in [0.25, 0.3) is 0 Å². The van der Waals surface area contributed by atoms with Crippen molar-refractivity contribution in [1.82, 2.24) is 0 Å². The number of fused-ring (bicyclic) bond motifs is 4. The van der Waals surface area contributed by atoms with Crippen molar-refractivity contribution in [2.75, 3.05) is 0 Å². The molecule has 0 radical (unpaired) electrons. The molecular formula is C23H16O. The molecule has 0 amide bonds. The highest BCUT2D eigenvalue weighted by molar-refractivity contribution is 6.08. The Hall–Kier alpha value is -3.06. The molecule has 0 atom stereocenters. The van der Waals surface area contributed by atoms with Crippen LogP contribution in [0.4, 0.5) is 0 Å². The lowest BCUT2D eigenvalue weighted by atomic mass is 9.97. The third kappa shape index (κ3) is 1.88. The normalized spacial score (nSPS) is 11.5. The molecule has 0 aliphatic heterocycles. The summed E-state index contributed by atoms with van der Waals surface area (Å²) in [6.45, 7) is 2.13. The van der Waals surface area contributed by atoms with Gasteiger partial charge in [0.1, 0.15) is 11.2 Å². The molecule has 0 saturated carbocycles. The Labute approximate surface area is 140 Å². The van der Waals surface area contributed by atoms with Gasteiger partial charge in [0.15, 0.2) is 0 Å². The highest BCUT2D eigenvalue weighted by Gasteiger charge is 2.11. The van der Waals surface area contributed by atoms with Crippen molar-refractivity contribution in [2.24, 2.45) is 0 Å². The van der Waals surface area contributed by atoms with E-state index in [1.807, 2.05) is 12.1 Å². The van der Waals surface area contributed by atoms with Gasteiger partial charge in [-0.2, -0.15) is 0 Å². The Morgan fingerprint density at radius 3 is 2.46 bits per heavy atom. The first-order valence-electron chi connectivity index (χ1n) is 8.21. The number of furan rings is 1. The van der Waals surface area contributed by atoms with Crippen LogP contribution >= 0.6 is 0 Å². The summed E-state index contributed by atoms with van der Waals surface area (Å²) < 4.78 is 6.11. The van der Waals surface area contributed by atoms with Gasteiger partial charge in [-0.1, -0.05) is 60.7 Å². The summed E-state index contributed by atoms with van der Waals surface area (Å²) in [4.78, 5) is 0. The van der Waals surface area contributed by atoms with Gasteiger partial charge < -0.3 is 4.42 Å². The molecule has 4 aromatic carbocycles. The average Bonchev–Trinajstić information content (AvgIpc) is 3.00. The molecule has 0 unspecified atom stereocenters. The first-order chi connectivity index (χ1) is 11.8. The summed E-state index contributed by atoms with van der Waals surface area (Å²) >= 11 is 0. The smallest absolute Gasteiger partial charge is 0.136 e. The van der Waals surface area contributed by atoms with Crippen molar-refractivity contribution in [1.29, 1.82) is 0 Å². The molecule has 0 bridgehead atoms. The molecule has 5 aromatic rings. The van der Waals surface area contributed by atoms with E-state index in [-0.39, 0.29) is 0 Å². The summed E-state index contributed by atoms with van der Waals surface area (Å²) in [5.74, 6) is 0. The molecule has 114 valence electrons. The van der Waals surface area contributed by atoms with Crippen molar-refractivity contribution in [3.63, 3.8) is 0 Å². The van der Waals surface area contributed by atoms with Gasteiger partial charge in [0.05, 0.1) is 0 Å². The Bertz CT molecular complexity index is 1210. The Morgan fingerprint density at radius 1 is 0.667 bits per heavy atom. The van der Waals surface area contributed by atoms with Crippen molar-refractivity contribution >= 4 is 32.7 Å². The topological polar surface area (TPSA) is 13.1 Å². The lowest BCUT2D eigenvalue weighted by Crippen LogP contribution is -1.81. The number of aryl methyl sites for hydroxylation is 1. The maximum Gasteiger partial charge on any atom is 0.136 e. The second kappa shape index (κ2) is 4.97. The fourth-order valence-electron chi connectivity index (χ4n) is 3.65. The summed E-state index contributed by atoms with van der Waals surface area (Å²) in [6.07, 6.45) is 0. The maximum atomic E-state index is 6.11. The van der Waals surface area contributed by atoms with Gasteiger partial charge in [0, 0.05) is 10.8 Å². The SMILES string of the molecule is Cc1cccc2oc3cc(-c4cccc5ccccc45)ccc3c12. The molecule has 24 heavy (non-hydrogen) atoms. The minimum Gasteiger partial charge on any atom is -0.456 e. The molecule has 0 fully saturated rings. The van der Waals surface area contributed by atoms with Crippen LogP contribution in [0.2, 0.25) is 0 Å². The summed E-state index contributed by atoms with van der Waals surface area (Å²) in [7, 11) is 0. The van der Waals surface area contributed by atoms with Crippen LogP contribution in [0.15, 0.2) is 83.3 Å². The first kappa shape index (κ1) is 13.4. The second-order valence-electron chi connectivity index (χ2n) is 6.29. The zero-order chi connectivity index (χ0) is 16.1. The van der Waals surface area contributed by atoms with Crippen LogP contribution in [0.1, 0.15) is 5.56 Å². The second-order valence-corrected chi connectivity index (χ2v) is 6.29. The Balaban J connectivity index is 1.81. The van der Waals surface area contributed by atoms with Crippen molar-refractivity contribution in [2.45, 2.75) is 6.92 Å². The van der Waals surface area contributed by atoms with Gasteiger partial charge in [0.2, 0.25) is 0 Å². The van der Waals surface area contributed by atoms with Crippen LogP contribution in [0.5, 0.6) is 0 Å². The molecule has 0 aliphatic carbocycles. The van der Waals surface area contributed by atoms with Gasteiger partial charge in [-0.25, -0.2) is 0 Å². The molecule has 1 nitrogen and oxygen atoms in total. The third-order valence-corrected chi connectivity index (χ3v) is 4.81. The zero-order valence-electron chi connectivity index (χ0n) is 13.4. The third-order valence-electron chi connectivity index (χ3n) is 4.81. The van der Waals surface area contributed by atoms with Crippen molar-refractivity contribution in [3.05, 3.63) is 84.4 Å². The molecule has 0 saturated heterocycles. The quantitative estimate of drug-likeness (QED) is 0.335. The highest BCUT2D eigenvalue weighted by atomic mass is 16.3. The predicted molar refractivity (Wildman–Crippen MR) is 101 cm³/mol. The van der Waals surface area contributed by atoms with E-state index in [1.165, 1.54) is 38.2 Å². The van der Waals surface area contributed by atoms with Crippen molar-refractivity contribution < 1.29 is 4.42 Å². The molecule has 0 N–H and O–H groups in total. The van der Waals surface area contributed by atoms with E-state index in [0.29, 0.717) is 0 Å². The first-order valence-corrected chi connectivity index (χ1v) is 8.21. The Kier molecular flexibility index (Phi) is 2.77. The summed E-state index contributed by atoms with van der Waals surface area (Å²) in [5.41, 5.74) is 5.59. The van der Waals surface area contributed by atoms with E-state index in [2.05, 4.69) is 73.7 Å². The number of hydrogen-bond acceptors (Lipinski definition) is 1. The highest BCUT2D eigenvalue weighted by Crippen LogP contribution is 2.35. The van der Waals surface area contributed by atoms with Crippen LogP contribution in [0, 0.1) is 6.92 Å². The molecule has 1 aromatic heterocycles. The van der Waals surface area contributed by atoms with E-state index in [0.717, 1.165) is 11.2 Å². The van der Waals surface area contributed by atoms with Crippen LogP contribution < -0.4 is 0 Å². The van der Waals surface area contributed by atoms with Crippen LogP contribution in [0.3, 0.4) is 0 Å². The maximum absolute atomic E-state index is 6.11. The van der Waals surface area contributed by atoms with E-state index in [9.17, 15) is 0 Å². The van der Waals surface area contributed by atoms with Crippen LogP contribution in [0.25, 0.3) is 43.8 Å². The van der Waals surface area contributed by atoms with Gasteiger partial charge in [-0.15, -0.1) is 0 Å². The standard InChI is InChI=1S/C23H16O/c1-15-6-4-11-21-23(15)20-13-12-17(14-22(20)24-21)19-10-5-8-16-7-2-3-9-18(16)19/h2-14H,1H3. The fourth-order valence-corrected chi connectivity index (χ4v) is 3.65. The molecular weight excluding hydrogens is 292 g/mol. The molecule has 1 heterocycles. The zero-order valence-corrected chi connectivity index (χ0v) is 13.4. The van der Waals surface area contributed by atoms with E-state index in [1.54, 1.807) is 0 Å². The van der Waals surface area contributed by atoms with E-state index < -0.39 is 0 Å². The van der Waals surface area contributed by atoms with Crippen LogP contribution in [-0.2, 0) is 0 Å². The Morgan fingerprint density at radius 2 is 1.50 bits per heavy atom. The molecule has 5 rings (SSSR count). The largest absolute Gasteiger partial charge is 0.456 e. The minimum atomic E-state index is 0.949. The minimum absolute atomic E-state index is 0.949. The molecule has 0 spiro atoms.